The number of aromatic nitrogens is 2. The minimum Gasteiger partial charge on any atom is -0.480 e. The molecule has 1 heterocycles. The van der Waals surface area contributed by atoms with Crippen molar-refractivity contribution in [2.45, 2.75) is 26.2 Å². The van der Waals surface area contributed by atoms with Crippen molar-refractivity contribution in [1.82, 2.24) is 9.97 Å². The smallest absolute Gasteiger partial charge is 0.322 e. The quantitative estimate of drug-likeness (QED) is 0.684. The van der Waals surface area contributed by atoms with E-state index < -0.39 is 5.97 Å². The minimum absolute atomic E-state index is 0.143. The average Bonchev–Trinajstić information content (AvgIpc) is 2.37. The van der Waals surface area contributed by atoms with Gasteiger partial charge in [0.25, 0.3) is 0 Å². The van der Waals surface area contributed by atoms with Crippen molar-refractivity contribution in [1.29, 1.82) is 0 Å². The first-order valence-corrected chi connectivity index (χ1v) is 6.12. The Bertz CT molecular complexity index is 384. The summed E-state index contributed by atoms with van der Waals surface area (Å²) in [6.45, 7) is 2.96. The number of rotatable bonds is 8. The van der Waals surface area contributed by atoms with Crippen molar-refractivity contribution in [3.63, 3.8) is 0 Å². The molecule has 0 spiro atoms. The summed E-state index contributed by atoms with van der Waals surface area (Å²) in [5, 5.41) is 11.3. The van der Waals surface area contributed by atoms with Gasteiger partial charge in [-0.3, -0.25) is 4.79 Å². The lowest BCUT2D eigenvalue weighted by Crippen LogP contribution is -2.20. The van der Waals surface area contributed by atoms with E-state index in [0.29, 0.717) is 5.82 Å². The fourth-order valence-corrected chi connectivity index (χ4v) is 1.53. The van der Waals surface area contributed by atoms with Crippen LogP contribution in [-0.2, 0) is 4.79 Å². The Morgan fingerprint density at radius 1 is 1.44 bits per heavy atom. The molecule has 6 nitrogen and oxygen atoms in total. The zero-order valence-corrected chi connectivity index (χ0v) is 10.9. The van der Waals surface area contributed by atoms with E-state index in [1.807, 2.05) is 11.9 Å². The standard InChI is InChI=1S/C12H20N4O2/c1-3-4-5-6-16(2)11-7-10(14-9-15-11)13-8-12(17)18/h7,9H,3-6,8H2,1-2H3,(H,17,18)(H,13,14,15). The van der Waals surface area contributed by atoms with Crippen LogP contribution >= 0.6 is 0 Å². The molecule has 1 aromatic heterocycles. The Morgan fingerprint density at radius 3 is 2.89 bits per heavy atom. The lowest BCUT2D eigenvalue weighted by molar-refractivity contribution is -0.134. The highest BCUT2D eigenvalue weighted by Crippen LogP contribution is 2.13. The van der Waals surface area contributed by atoms with Gasteiger partial charge >= 0.3 is 5.97 Å². The number of nitrogens with zero attached hydrogens (tertiary/aromatic N) is 3. The zero-order valence-electron chi connectivity index (χ0n) is 10.9. The fourth-order valence-electron chi connectivity index (χ4n) is 1.53. The molecule has 18 heavy (non-hydrogen) atoms. The van der Waals surface area contributed by atoms with E-state index in [4.69, 9.17) is 5.11 Å². The summed E-state index contributed by atoms with van der Waals surface area (Å²) in [5.41, 5.74) is 0. The summed E-state index contributed by atoms with van der Waals surface area (Å²) in [7, 11) is 1.97. The Labute approximate surface area is 107 Å². The number of hydrogen-bond donors (Lipinski definition) is 2. The third-order valence-electron chi connectivity index (χ3n) is 2.56. The molecule has 0 amide bonds. The molecule has 0 radical (unpaired) electrons. The van der Waals surface area contributed by atoms with Gasteiger partial charge in [-0.1, -0.05) is 19.8 Å². The first-order valence-electron chi connectivity index (χ1n) is 6.12. The predicted molar refractivity (Wildman–Crippen MR) is 71.0 cm³/mol. The molecule has 0 atom stereocenters. The van der Waals surface area contributed by atoms with Gasteiger partial charge in [-0.25, -0.2) is 9.97 Å². The van der Waals surface area contributed by atoms with Crippen molar-refractivity contribution < 1.29 is 9.90 Å². The highest BCUT2D eigenvalue weighted by Gasteiger charge is 2.05. The Morgan fingerprint density at radius 2 is 2.22 bits per heavy atom. The van der Waals surface area contributed by atoms with Crippen molar-refractivity contribution in [3.8, 4) is 0 Å². The molecule has 0 aromatic carbocycles. The van der Waals surface area contributed by atoms with Gasteiger partial charge in [-0.2, -0.15) is 0 Å². The second-order valence-corrected chi connectivity index (χ2v) is 4.14. The lowest BCUT2D eigenvalue weighted by Gasteiger charge is -2.18. The Hall–Kier alpha value is -1.85. The summed E-state index contributed by atoms with van der Waals surface area (Å²) in [6.07, 6.45) is 4.94. The number of hydrogen-bond acceptors (Lipinski definition) is 5. The average molecular weight is 252 g/mol. The maximum absolute atomic E-state index is 10.4. The number of aliphatic carboxylic acids is 1. The number of nitrogens with one attached hydrogen (secondary N) is 1. The minimum atomic E-state index is -0.911. The molecule has 0 aliphatic carbocycles. The van der Waals surface area contributed by atoms with Gasteiger partial charge in [-0.15, -0.1) is 0 Å². The lowest BCUT2D eigenvalue weighted by atomic mass is 10.2. The number of unbranched alkanes of at least 4 members (excludes halogenated alkanes) is 2. The molecular weight excluding hydrogens is 232 g/mol. The Kier molecular flexibility index (Phi) is 5.90. The first-order chi connectivity index (χ1) is 8.63. The molecule has 100 valence electrons. The SMILES string of the molecule is CCCCCN(C)c1cc(NCC(=O)O)ncn1. The number of carboxylic acids is 1. The van der Waals surface area contributed by atoms with Gasteiger partial charge in [0.1, 0.15) is 24.5 Å². The molecule has 6 heteroatoms. The van der Waals surface area contributed by atoms with Gasteiger partial charge in [0.2, 0.25) is 0 Å². The van der Waals surface area contributed by atoms with Crippen LogP contribution < -0.4 is 10.2 Å². The monoisotopic (exact) mass is 252 g/mol. The van der Waals surface area contributed by atoms with E-state index >= 15 is 0 Å². The third-order valence-corrected chi connectivity index (χ3v) is 2.56. The van der Waals surface area contributed by atoms with Gasteiger partial charge in [-0.05, 0) is 6.42 Å². The molecule has 2 N–H and O–H groups in total. The highest BCUT2D eigenvalue weighted by atomic mass is 16.4. The molecule has 0 saturated heterocycles. The summed E-state index contributed by atoms with van der Waals surface area (Å²) >= 11 is 0. The van der Waals surface area contributed by atoms with Crippen LogP contribution in [0, 0.1) is 0 Å². The van der Waals surface area contributed by atoms with Crippen LogP contribution in [0.25, 0.3) is 0 Å². The van der Waals surface area contributed by atoms with Crippen molar-refractivity contribution in [2.75, 3.05) is 30.4 Å². The molecule has 0 unspecified atom stereocenters. The Balaban J connectivity index is 2.54. The van der Waals surface area contributed by atoms with E-state index in [9.17, 15) is 4.79 Å². The molecular formula is C12H20N4O2. The molecule has 1 rings (SSSR count). The fraction of sp³-hybridized carbons (Fsp3) is 0.583. The van der Waals surface area contributed by atoms with E-state index in [1.165, 1.54) is 19.2 Å². The highest BCUT2D eigenvalue weighted by molar-refractivity contribution is 5.72. The number of anilines is 2. The predicted octanol–water partition coefficient (Wildman–Crippen LogP) is 1.60. The molecule has 0 aliphatic rings. The summed E-state index contributed by atoms with van der Waals surface area (Å²) < 4.78 is 0. The molecule has 0 fully saturated rings. The number of carboxylic acid groups (broad SMARTS) is 1. The third kappa shape index (κ3) is 4.99. The topological polar surface area (TPSA) is 78.4 Å². The normalized spacial score (nSPS) is 10.1. The number of carbonyl (C=O) groups is 1. The maximum Gasteiger partial charge on any atom is 0.322 e. The molecule has 0 bridgehead atoms. The van der Waals surface area contributed by atoms with Crippen LogP contribution in [-0.4, -0.2) is 41.2 Å². The van der Waals surface area contributed by atoms with Gasteiger partial charge in [0.05, 0.1) is 0 Å². The van der Waals surface area contributed by atoms with E-state index in [-0.39, 0.29) is 6.54 Å². The summed E-state index contributed by atoms with van der Waals surface area (Å²) in [4.78, 5) is 20.6. The van der Waals surface area contributed by atoms with Gasteiger partial charge in [0.15, 0.2) is 0 Å². The second kappa shape index (κ2) is 7.47. The first kappa shape index (κ1) is 14.2. The van der Waals surface area contributed by atoms with Crippen LogP contribution in [0.4, 0.5) is 11.6 Å². The maximum atomic E-state index is 10.4. The van der Waals surface area contributed by atoms with Crippen molar-refractivity contribution in [3.05, 3.63) is 12.4 Å². The summed E-state index contributed by atoms with van der Waals surface area (Å²) in [5.74, 6) is 0.421. The van der Waals surface area contributed by atoms with Crippen LogP contribution in [0.1, 0.15) is 26.2 Å². The van der Waals surface area contributed by atoms with Crippen LogP contribution in [0.5, 0.6) is 0 Å². The largest absolute Gasteiger partial charge is 0.480 e. The zero-order chi connectivity index (χ0) is 13.4. The molecule has 0 aliphatic heterocycles. The van der Waals surface area contributed by atoms with Gasteiger partial charge < -0.3 is 15.3 Å². The molecule has 0 saturated carbocycles. The van der Waals surface area contributed by atoms with Crippen molar-refractivity contribution >= 4 is 17.6 Å². The summed E-state index contributed by atoms with van der Waals surface area (Å²) in [6, 6.07) is 1.76. The van der Waals surface area contributed by atoms with E-state index in [1.54, 1.807) is 6.07 Å². The van der Waals surface area contributed by atoms with Gasteiger partial charge in [0, 0.05) is 19.7 Å². The van der Waals surface area contributed by atoms with Crippen molar-refractivity contribution in [2.24, 2.45) is 0 Å². The van der Waals surface area contributed by atoms with E-state index in [2.05, 4.69) is 22.2 Å². The van der Waals surface area contributed by atoms with Crippen LogP contribution in [0.2, 0.25) is 0 Å². The van der Waals surface area contributed by atoms with Crippen LogP contribution in [0.3, 0.4) is 0 Å². The van der Waals surface area contributed by atoms with Crippen LogP contribution in [0.15, 0.2) is 12.4 Å². The van der Waals surface area contributed by atoms with E-state index in [0.717, 1.165) is 18.8 Å². The second-order valence-electron chi connectivity index (χ2n) is 4.14. The molecule has 1 aromatic rings.